The summed E-state index contributed by atoms with van der Waals surface area (Å²) in [6, 6.07) is 0.739. The summed E-state index contributed by atoms with van der Waals surface area (Å²) in [6.45, 7) is 8.51. The molecule has 2 atom stereocenters. The second kappa shape index (κ2) is 5.51. The van der Waals surface area contributed by atoms with Gasteiger partial charge in [-0.1, -0.05) is 0 Å². The van der Waals surface area contributed by atoms with Crippen molar-refractivity contribution in [2.45, 2.75) is 44.0 Å². The fraction of sp³-hybridized carbons (Fsp3) is 1.00. The van der Waals surface area contributed by atoms with Gasteiger partial charge >= 0.3 is 0 Å². The zero-order valence-corrected chi connectivity index (χ0v) is 10.5. The second-order valence-corrected chi connectivity index (χ2v) is 5.68. The van der Waals surface area contributed by atoms with Crippen molar-refractivity contribution >= 4 is 11.6 Å². The Morgan fingerprint density at radius 2 is 1.87 bits per heavy atom. The van der Waals surface area contributed by atoms with Crippen LogP contribution in [0, 0.1) is 0 Å². The Morgan fingerprint density at radius 3 is 2.60 bits per heavy atom. The summed E-state index contributed by atoms with van der Waals surface area (Å²) in [5.41, 5.74) is 0. The van der Waals surface area contributed by atoms with Crippen LogP contribution in [-0.4, -0.2) is 53.9 Å². The minimum Gasteiger partial charge on any atom is -0.302 e. The highest BCUT2D eigenvalue weighted by Gasteiger charge is 2.24. The molecule has 2 aliphatic rings. The number of alkyl halides is 1. The summed E-state index contributed by atoms with van der Waals surface area (Å²) in [5.74, 6) is 0. The number of piperidine rings is 1. The predicted octanol–water partition coefficient (Wildman–Crippen LogP) is 2.17. The minimum absolute atomic E-state index is 0.389. The largest absolute Gasteiger partial charge is 0.302 e. The Kier molecular flexibility index (Phi) is 4.30. The van der Waals surface area contributed by atoms with Crippen molar-refractivity contribution in [2.24, 2.45) is 0 Å². The summed E-state index contributed by atoms with van der Waals surface area (Å²) >= 11 is 6.22. The summed E-state index contributed by atoms with van der Waals surface area (Å²) in [7, 11) is 0. The Labute approximate surface area is 98.6 Å². The smallest absolute Gasteiger partial charge is 0.0463 e. The molecule has 0 radical (unpaired) electrons. The van der Waals surface area contributed by atoms with Crippen LogP contribution >= 0.6 is 11.6 Å². The monoisotopic (exact) mass is 230 g/mol. The van der Waals surface area contributed by atoms with E-state index in [0.29, 0.717) is 5.38 Å². The number of hydrogen-bond acceptors (Lipinski definition) is 2. The van der Waals surface area contributed by atoms with Crippen LogP contribution in [-0.2, 0) is 0 Å². The van der Waals surface area contributed by atoms with Crippen LogP contribution in [0.25, 0.3) is 0 Å². The molecule has 88 valence electrons. The topological polar surface area (TPSA) is 6.48 Å². The van der Waals surface area contributed by atoms with Gasteiger partial charge in [0.05, 0.1) is 0 Å². The fourth-order valence-electron chi connectivity index (χ4n) is 2.72. The number of likely N-dealkylation sites (tertiary alicyclic amines) is 2. The van der Waals surface area contributed by atoms with Gasteiger partial charge in [0.2, 0.25) is 0 Å². The second-order valence-electron chi connectivity index (χ2n) is 5.07. The van der Waals surface area contributed by atoms with E-state index in [4.69, 9.17) is 11.6 Å². The van der Waals surface area contributed by atoms with Crippen molar-refractivity contribution in [1.82, 2.24) is 9.80 Å². The lowest BCUT2D eigenvalue weighted by Crippen LogP contribution is -2.45. The van der Waals surface area contributed by atoms with E-state index >= 15 is 0 Å². The number of nitrogens with zero attached hydrogens (tertiary/aromatic N) is 2. The molecule has 0 aromatic carbocycles. The van der Waals surface area contributed by atoms with Gasteiger partial charge in [-0.2, -0.15) is 0 Å². The van der Waals surface area contributed by atoms with Gasteiger partial charge in [0.25, 0.3) is 0 Å². The van der Waals surface area contributed by atoms with Crippen LogP contribution < -0.4 is 0 Å². The Balaban J connectivity index is 1.72. The van der Waals surface area contributed by atoms with Crippen molar-refractivity contribution in [3.8, 4) is 0 Å². The first-order chi connectivity index (χ1) is 7.25. The van der Waals surface area contributed by atoms with Crippen LogP contribution in [0.2, 0.25) is 0 Å². The first-order valence-electron chi connectivity index (χ1n) is 6.36. The van der Waals surface area contributed by atoms with Gasteiger partial charge in [-0.3, -0.25) is 4.90 Å². The van der Waals surface area contributed by atoms with Gasteiger partial charge < -0.3 is 4.90 Å². The third kappa shape index (κ3) is 3.33. The lowest BCUT2D eigenvalue weighted by molar-refractivity contribution is 0.144. The van der Waals surface area contributed by atoms with Crippen LogP contribution in [0.1, 0.15) is 32.6 Å². The average molecular weight is 231 g/mol. The van der Waals surface area contributed by atoms with Gasteiger partial charge in [0.1, 0.15) is 0 Å². The molecule has 0 saturated carbocycles. The molecule has 2 fully saturated rings. The first kappa shape index (κ1) is 11.7. The molecule has 2 nitrogen and oxygen atoms in total. The lowest BCUT2D eigenvalue weighted by Gasteiger charge is -2.36. The zero-order chi connectivity index (χ0) is 10.7. The summed E-state index contributed by atoms with van der Waals surface area (Å²) < 4.78 is 0. The highest BCUT2D eigenvalue weighted by Crippen LogP contribution is 2.20. The van der Waals surface area contributed by atoms with Gasteiger partial charge in [0.15, 0.2) is 0 Å². The molecule has 0 aromatic heterocycles. The molecule has 0 spiro atoms. The first-order valence-corrected chi connectivity index (χ1v) is 6.80. The van der Waals surface area contributed by atoms with Crippen LogP contribution in [0.4, 0.5) is 0 Å². The van der Waals surface area contributed by atoms with Crippen molar-refractivity contribution in [3.63, 3.8) is 0 Å². The van der Waals surface area contributed by atoms with Crippen molar-refractivity contribution in [3.05, 3.63) is 0 Å². The van der Waals surface area contributed by atoms with E-state index in [1.807, 2.05) is 0 Å². The highest BCUT2D eigenvalue weighted by molar-refractivity contribution is 6.20. The minimum atomic E-state index is 0.389. The maximum atomic E-state index is 6.22. The van der Waals surface area contributed by atoms with E-state index in [1.165, 1.54) is 51.9 Å². The Hall–Kier alpha value is 0.210. The molecule has 0 bridgehead atoms. The van der Waals surface area contributed by atoms with E-state index in [2.05, 4.69) is 16.7 Å². The molecule has 0 aliphatic carbocycles. The highest BCUT2D eigenvalue weighted by atomic mass is 35.5. The summed E-state index contributed by atoms with van der Waals surface area (Å²) in [5, 5.41) is 0.389. The van der Waals surface area contributed by atoms with E-state index in [9.17, 15) is 0 Å². The molecule has 2 saturated heterocycles. The number of hydrogen-bond donors (Lipinski definition) is 0. The molecule has 2 heterocycles. The van der Waals surface area contributed by atoms with Crippen LogP contribution in [0.15, 0.2) is 0 Å². The molecule has 2 rings (SSSR count). The van der Waals surface area contributed by atoms with E-state index in [1.54, 1.807) is 0 Å². The Bertz CT molecular complexity index is 192. The molecule has 3 heteroatoms. The lowest BCUT2D eigenvalue weighted by atomic mass is 10.0. The molecular formula is C12H23ClN2. The van der Waals surface area contributed by atoms with Crippen molar-refractivity contribution in [1.29, 1.82) is 0 Å². The van der Waals surface area contributed by atoms with E-state index < -0.39 is 0 Å². The number of halogens is 1. The molecule has 0 N–H and O–H groups in total. The fourth-order valence-corrected chi connectivity index (χ4v) is 3.02. The molecule has 2 unspecified atom stereocenters. The molecule has 0 amide bonds. The average Bonchev–Trinajstić information content (AvgIpc) is 2.72. The molecule has 0 aromatic rings. The Morgan fingerprint density at radius 1 is 1.13 bits per heavy atom. The summed E-state index contributed by atoms with van der Waals surface area (Å²) in [6.07, 6.45) is 5.26. The standard InChI is InChI=1S/C12H23ClN2/c1-11-4-5-12(13)10-15(11)9-8-14-6-2-3-7-14/h11-12H,2-10H2,1H3. The maximum Gasteiger partial charge on any atom is 0.0463 e. The maximum absolute atomic E-state index is 6.22. The van der Waals surface area contributed by atoms with E-state index in [-0.39, 0.29) is 0 Å². The van der Waals surface area contributed by atoms with Crippen molar-refractivity contribution in [2.75, 3.05) is 32.7 Å². The van der Waals surface area contributed by atoms with Gasteiger partial charge in [-0.05, 0) is 45.7 Å². The van der Waals surface area contributed by atoms with Crippen LogP contribution in [0.3, 0.4) is 0 Å². The van der Waals surface area contributed by atoms with Gasteiger partial charge in [-0.15, -0.1) is 11.6 Å². The van der Waals surface area contributed by atoms with Crippen molar-refractivity contribution < 1.29 is 0 Å². The van der Waals surface area contributed by atoms with Crippen LogP contribution in [0.5, 0.6) is 0 Å². The number of rotatable bonds is 3. The quantitative estimate of drug-likeness (QED) is 0.686. The van der Waals surface area contributed by atoms with Gasteiger partial charge in [-0.25, -0.2) is 0 Å². The normalized spacial score (nSPS) is 34.8. The zero-order valence-electron chi connectivity index (χ0n) is 9.79. The molecule has 15 heavy (non-hydrogen) atoms. The third-order valence-corrected chi connectivity index (χ3v) is 4.21. The van der Waals surface area contributed by atoms with Gasteiger partial charge in [0, 0.05) is 31.1 Å². The third-order valence-electron chi connectivity index (χ3n) is 3.86. The molecule has 2 aliphatic heterocycles. The predicted molar refractivity (Wildman–Crippen MR) is 65.6 cm³/mol. The SMILES string of the molecule is CC1CCC(Cl)CN1CCN1CCCC1. The summed E-state index contributed by atoms with van der Waals surface area (Å²) in [4.78, 5) is 5.16. The van der Waals surface area contributed by atoms with E-state index in [0.717, 1.165) is 12.6 Å². The molecular weight excluding hydrogens is 208 g/mol.